The van der Waals surface area contributed by atoms with Crippen molar-refractivity contribution in [2.45, 2.75) is 50.6 Å². The van der Waals surface area contributed by atoms with E-state index in [0.717, 1.165) is 16.7 Å². The first-order valence-corrected chi connectivity index (χ1v) is 16.3. The molecule has 0 saturated heterocycles. The van der Waals surface area contributed by atoms with Crippen LogP contribution in [0.2, 0.25) is 0 Å². The summed E-state index contributed by atoms with van der Waals surface area (Å²) >= 11 is 0. The van der Waals surface area contributed by atoms with Gasteiger partial charge in [-0.05, 0) is 55.2 Å². The third kappa shape index (κ3) is 16.9. The molecular weight excluding hydrogens is 726 g/mol. The maximum atomic E-state index is 12.8. The Balaban J connectivity index is 0.000000425. The van der Waals surface area contributed by atoms with Crippen LogP contribution >= 0.6 is 0 Å². The van der Waals surface area contributed by atoms with E-state index < -0.39 is 29.4 Å². The van der Waals surface area contributed by atoms with Crippen molar-refractivity contribution in [3.63, 3.8) is 0 Å². The zero-order chi connectivity index (χ0) is 34.9. The van der Waals surface area contributed by atoms with Crippen molar-refractivity contribution in [2.24, 2.45) is 5.73 Å². The van der Waals surface area contributed by atoms with Crippen LogP contribution in [0.1, 0.15) is 59.7 Å². The van der Waals surface area contributed by atoms with Gasteiger partial charge < -0.3 is 27.7 Å². The smallest absolute Gasteiger partial charge is 0.537 e. The van der Waals surface area contributed by atoms with Crippen LogP contribution in [-0.2, 0) is 29.5 Å². The van der Waals surface area contributed by atoms with E-state index >= 15 is 0 Å². The van der Waals surface area contributed by atoms with E-state index in [9.17, 15) is 25.7 Å². The van der Waals surface area contributed by atoms with E-state index in [1.165, 1.54) is 11.1 Å². The number of aromatic nitrogens is 1. The van der Waals surface area contributed by atoms with Crippen LogP contribution in [0.25, 0.3) is 4.72 Å². The van der Waals surface area contributed by atoms with Crippen LogP contribution in [0, 0.1) is 13.8 Å². The number of hydrogen-bond donors (Lipinski definition) is 1. The van der Waals surface area contributed by atoms with Crippen LogP contribution < -0.4 is 5.73 Å². The van der Waals surface area contributed by atoms with E-state index in [-0.39, 0.29) is 24.4 Å². The minimum Gasteiger partial charge on any atom is -0.537 e. The Kier molecular flexibility index (Phi) is 18.8. The van der Waals surface area contributed by atoms with Crippen molar-refractivity contribution in [3.8, 4) is 0 Å². The minimum atomic E-state index is -6.00. The Morgan fingerprint density at radius 1 is 0.625 bits per heavy atom. The molecule has 0 bridgehead atoms. The molecule has 1 aromatic heterocycles. The maximum absolute atomic E-state index is 12.8. The quantitative estimate of drug-likeness (QED) is 0.132. The van der Waals surface area contributed by atoms with Gasteiger partial charge in [0, 0.05) is 23.3 Å². The molecule has 256 valence electrons. The first-order valence-electron chi connectivity index (χ1n) is 14.9. The number of benzene rings is 4. The van der Waals surface area contributed by atoms with Crippen molar-refractivity contribution in [3.05, 3.63) is 172 Å². The number of aryl methyl sites for hydroxylation is 2. The van der Waals surface area contributed by atoms with Gasteiger partial charge in [0.1, 0.15) is 10.0 Å². The number of pyridine rings is 1. The molecule has 1 heterocycles. The van der Waals surface area contributed by atoms with Crippen LogP contribution in [0.15, 0.2) is 145 Å². The van der Waals surface area contributed by atoms with Gasteiger partial charge in [-0.1, -0.05) is 140 Å². The van der Waals surface area contributed by atoms with Crippen molar-refractivity contribution in [1.29, 1.82) is 0 Å². The monoisotopic (exact) mass is 767 g/mol. The number of hydrogen-bond acceptors (Lipinski definition) is 4. The Morgan fingerprint density at radius 2 is 1.02 bits per heavy atom. The molecule has 48 heavy (non-hydrogen) atoms. The molecular formula is C36H40BF4N3O2RuS. The second-order valence-corrected chi connectivity index (χ2v) is 12.4. The van der Waals surface area contributed by atoms with Gasteiger partial charge in [-0.25, -0.2) is 8.42 Å². The van der Waals surface area contributed by atoms with Crippen LogP contribution in [0.3, 0.4) is 0 Å². The Labute approximate surface area is 295 Å². The van der Waals surface area contributed by atoms with Crippen molar-refractivity contribution in [2.75, 3.05) is 0 Å². The summed E-state index contributed by atoms with van der Waals surface area (Å²) in [5.41, 5.74) is 11.8. The van der Waals surface area contributed by atoms with Gasteiger partial charge in [0.25, 0.3) is 0 Å². The Bertz CT molecular complexity index is 1630. The normalized spacial score (nSPS) is 12.0. The topological polar surface area (TPSA) is 87.2 Å². The van der Waals surface area contributed by atoms with E-state index in [4.69, 9.17) is 5.73 Å². The summed E-state index contributed by atoms with van der Waals surface area (Å²) in [6.45, 7) is 8.45. The largest absolute Gasteiger partial charge is 2.00 e. The third-order valence-corrected chi connectivity index (χ3v) is 7.92. The van der Waals surface area contributed by atoms with Gasteiger partial charge in [0.2, 0.25) is 0 Å². The molecule has 0 aliphatic heterocycles. The molecule has 0 amide bonds. The molecule has 0 unspecified atom stereocenters. The first-order chi connectivity index (χ1) is 22.2. The fraction of sp³-hybridized carbons (Fsp3) is 0.194. The van der Waals surface area contributed by atoms with E-state index in [1.54, 1.807) is 36.7 Å². The predicted molar refractivity (Wildman–Crippen MR) is 184 cm³/mol. The number of nitrogens with two attached hydrogens (primary N) is 1. The second-order valence-electron chi connectivity index (χ2n) is 10.8. The summed E-state index contributed by atoms with van der Waals surface area (Å²) in [6.07, 6.45) is 3.50. The van der Waals surface area contributed by atoms with Gasteiger partial charge in [-0.2, -0.15) is 0 Å². The van der Waals surface area contributed by atoms with Gasteiger partial charge in [-0.15, -0.1) is 0 Å². The van der Waals surface area contributed by atoms with Gasteiger partial charge >= 0.3 is 26.7 Å². The van der Waals surface area contributed by atoms with Crippen LogP contribution in [-0.4, -0.2) is 20.7 Å². The SMILES string of the molecule is Cc1ccc(C(C)C)cc1.Cc1ccc(S(=O)(=O)[N-][C@H](c2ccccc2)[C@H](N)c2ccccc2)cc1.F[B-](F)(F)F.[Ru+2].c1ccncc1. The zero-order valence-corrected chi connectivity index (χ0v) is 29.7. The third-order valence-electron chi connectivity index (χ3n) is 6.55. The maximum Gasteiger partial charge on any atom is 2.00 e. The van der Waals surface area contributed by atoms with Crippen molar-refractivity contribution in [1.82, 2.24) is 4.98 Å². The molecule has 5 aromatic rings. The van der Waals surface area contributed by atoms with E-state index in [0.29, 0.717) is 5.92 Å². The Hall–Kier alpha value is -3.69. The molecule has 0 radical (unpaired) electrons. The number of sulfonamides is 1. The minimum absolute atomic E-state index is 0. The first kappa shape index (κ1) is 42.3. The van der Waals surface area contributed by atoms with Gasteiger partial charge in [0.05, 0.1) is 0 Å². The Morgan fingerprint density at radius 3 is 1.40 bits per heavy atom. The molecule has 2 N–H and O–H groups in total. The molecule has 0 saturated carbocycles. The molecule has 2 atom stereocenters. The molecule has 5 nitrogen and oxygen atoms in total. The fourth-order valence-electron chi connectivity index (χ4n) is 4.03. The predicted octanol–water partition coefficient (Wildman–Crippen LogP) is 10.00. The number of halogens is 4. The van der Waals surface area contributed by atoms with Crippen LogP contribution in [0.5, 0.6) is 0 Å². The van der Waals surface area contributed by atoms with Crippen molar-refractivity contribution >= 4 is 17.3 Å². The summed E-state index contributed by atoms with van der Waals surface area (Å²) in [5, 5.41) is 0. The number of rotatable bonds is 7. The average Bonchev–Trinajstić information content (AvgIpc) is 3.05. The molecule has 0 aliphatic rings. The summed E-state index contributed by atoms with van der Waals surface area (Å²) in [4.78, 5) is 3.96. The molecule has 0 spiro atoms. The second kappa shape index (κ2) is 21.3. The van der Waals surface area contributed by atoms with E-state index in [1.807, 2.05) is 85.8 Å². The molecule has 5 rings (SSSR count). The molecule has 0 aliphatic carbocycles. The van der Waals surface area contributed by atoms with Gasteiger partial charge in [0.15, 0.2) is 0 Å². The number of nitrogens with zero attached hydrogens (tertiary/aromatic N) is 2. The summed E-state index contributed by atoms with van der Waals surface area (Å²) in [6, 6.07) is 38.5. The van der Waals surface area contributed by atoms with E-state index in [2.05, 4.69) is 54.7 Å². The summed E-state index contributed by atoms with van der Waals surface area (Å²) in [7, 11) is -9.83. The summed E-state index contributed by atoms with van der Waals surface area (Å²) < 4.78 is 68.9. The molecule has 0 fully saturated rings. The average molecular weight is 767 g/mol. The fourth-order valence-corrected chi connectivity index (χ4v) is 5.18. The zero-order valence-electron chi connectivity index (χ0n) is 27.2. The van der Waals surface area contributed by atoms with Crippen LogP contribution in [0.4, 0.5) is 17.3 Å². The standard InChI is InChI=1S/C21H21N2O2S.C10H14.C5H5N.BF4.Ru/c1-16-12-14-19(15-13-16)26(24,25)23-21(18-10-6-3-7-11-18)20(22)17-8-4-2-5-9-17;1-8(2)10-6-4-9(3)5-7-10;1-2-4-6-5-3-1;2-1(3,4)5;/h2-15,20-21H,22H2,1H3;4-8H,1-3H3;1-5H;;/q-1;;;-1;+2/t20-,21-;;;;/m1..../s1. The van der Waals surface area contributed by atoms with Gasteiger partial charge in [-0.3, -0.25) is 4.98 Å². The molecule has 12 heteroatoms. The summed E-state index contributed by atoms with van der Waals surface area (Å²) in [5.74, 6) is 0.653. The van der Waals surface area contributed by atoms with Crippen molar-refractivity contribution < 1.29 is 45.2 Å². The molecule has 4 aromatic carbocycles.